The maximum atomic E-state index is 12.3. The SMILES string of the molecule is CC1CCCCC1NC(=O)c1ccc2ccccc2n1. The summed E-state index contributed by atoms with van der Waals surface area (Å²) in [6.45, 7) is 2.22. The summed E-state index contributed by atoms with van der Waals surface area (Å²) < 4.78 is 0. The average molecular weight is 268 g/mol. The molecule has 1 aromatic heterocycles. The molecule has 1 aliphatic rings. The molecule has 3 nitrogen and oxygen atoms in total. The first kappa shape index (κ1) is 13.1. The molecule has 1 amide bonds. The number of hydrogen-bond acceptors (Lipinski definition) is 2. The molecule has 3 rings (SSSR count). The van der Waals surface area contributed by atoms with E-state index in [2.05, 4.69) is 17.2 Å². The van der Waals surface area contributed by atoms with Gasteiger partial charge in [0, 0.05) is 11.4 Å². The van der Waals surface area contributed by atoms with Gasteiger partial charge in [0.05, 0.1) is 5.52 Å². The van der Waals surface area contributed by atoms with Gasteiger partial charge in [-0.15, -0.1) is 0 Å². The molecular weight excluding hydrogens is 248 g/mol. The van der Waals surface area contributed by atoms with Crippen LogP contribution in [0.15, 0.2) is 36.4 Å². The highest BCUT2D eigenvalue weighted by atomic mass is 16.1. The highest BCUT2D eigenvalue weighted by molar-refractivity contribution is 5.95. The molecule has 104 valence electrons. The first-order valence-electron chi connectivity index (χ1n) is 7.41. The number of nitrogens with one attached hydrogen (secondary N) is 1. The fraction of sp³-hybridized carbons (Fsp3) is 0.412. The standard InChI is InChI=1S/C17H20N2O/c1-12-6-2-4-8-14(12)19-17(20)16-11-10-13-7-3-5-9-15(13)18-16/h3,5,7,9-12,14H,2,4,6,8H2,1H3,(H,19,20). The topological polar surface area (TPSA) is 42.0 Å². The summed E-state index contributed by atoms with van der Waals surface area (Å²) in [6, 6.07) is 11.9. The molecule has 2 unspecified atom stereocenters. The molecule has 2 atom stereocenters. The number of para-hydroxylation sites is 1. The lowest BCUT2D eigenvalue weighted by atomic mass is 9.86. The van der Waals surface area contributed by atoms with Gasteiger partial charge in [-0.05, 0) is 30.9 Å². The zero-order valence-electron chi connectivity index (χ0n) is 11.8. The Hall–Kier alpha value is -1.90. The Morgan fingerprint density at radius 3 is 2.80 bits per heavy atom. The second kappa shape index (κ2) is 5.61. The van der Waals surface area contributed by atoms with Gasteiger partial charge in [0.25, 0.3) is 5.91 Å². The minimum atomic E-state index is -0.0468. The number of aromatic nitrogens is 1. The third-order valence-corrected chi connectivity index (χ3v) is 4.26. The minimum Gasteiger partial charge on any atom is -0.348 e. The molecule has 2 aromatic rings. The van der Waals surface area contributed by atoms with Gasteiger partial charge in [-0.2, -0.15) is 0 Å². The lowest BCUT2D eigenvalue weighted by Crippen LogP contribution is -2.41. The predicted molar refractivity (Wildman–Crippen MR) is 80.6 cm³/mol. The average Bonchev–Trinajstić information content (AvgIpc) is 2.49. The molecule has 20 heavy (non-hydrogen) atoms. The van der Waals surface area contributed by atoms with Crippen LogP contribution >= 0.6 is 0 Å². The van der Waals surface area contributed by atoms with Crippen LogP contribution in [0.2, 0.25) is 0 Å². The van der Waals surface area contributed by atoms with Crippen molar-refractivity contribution in [2.75, 3.05) is 0 Å². The minimum absolute atomic E-state index is 0.0468. The fourth-order valence-electron chi connectivity index (χ4n) is 2.97. The van der Waals surface area contributed by atoms with Crippen molar-refractivity contribution in [3.05, 3.63) is 42.1 Å². The Bertz CT molecular complexity index is 623. The number of amides is 1. The molecule has 0 spiro atoms. The number of carbonyl (C=O) groups is 1. The number of nitrogens with zero attached hydrogens (tertiary/aromatic N) is 1. The lowest BCUT2D eigenvalue weighted by molar-refractivity contribution is 0.0905. The summed E-state index contributed by atoms with van der Waals surface area (Å²) in [5.74, 6) is 0.516. The van der Waals surface area contributed by atoms with E-state index in [0.29, 0.717) is 17.7 Å². The second-order valence-electron chi connectivity index (χ2n) is 5.73. The zero-order valence-corrected chi connectivity index (χ0v) is 11.8. The van der Waals surface area contributed by atoms with E-state index in [9.17, 15) is 4.79 Å². The van der Waals surface area contributed by atoms with Crippen molar-refractivity contribution in [2.24, 2.45) is 5.92 Å². The summed E-state index contributed by atoms with van der Waals surface area (Å²) in [5.41, 5.74) is 1.39. The monoisotopic (exact) mass is 268 g/mol. The molecule has 1 aromatic carbocycles. The summed E-state index contributed by atoms with van der Waals surface area (Å²) >= 11 is 0. The van der Waals surface area contributed by atoms with Crippen molar-refractivity contribution in [1.29, 1.82) is 0 Å². The van der Waals surface area contributed by atoms with Crippen molar-refractivity contribution < 1.29 is 4.79 Å². The van der Waals surface area contributed by atoms with Crippen LogP contribution in [0.4, 0.5) is 0 Å². The smallest absolute Gasteiger partial charge is 0.270 e. The third-order valence-electron chi connectivity index (χ3n) is 4.26. The van der Waals surface area contributed by atoms with Crippen LogP contribution in [-0.4, -0.2) is 16.9 Å². The number of rotatable bonds is 2. The quantitative estimate of drug-likeness (QED) is 0.905. The van der Waals surface area contributed by atoms with Gasteiger partial charge in [-0.1, -0.05) is 44.0 Å². The van der Waals surface area contributed by atoms with Crippen molar-refractivity contribution in [3.8, 4) is 0 Å². The number of hydrogen-bond donors (Lipinski definition) is 1. The first-order valence-corrected chi connectivity index (χ1v) is 7.41. The summed E-state index contributed by atoms with van der Waals surface area (Å²) in [6.07, 6.45) is 4.78. The van der Waals surface area contributed by atoms with E-state index in [1.54, 1.807) is 0 Å². The molecule has 1 N–H and O–H groups in total. The highest BCUT2D eigenvalue weighted by Crippen LogP contribution is 2.24. The van der Waals surface area contributed by atoms with E-state index in [-0.39, 0.29) is 5.91 Å². The van der Waals surface area contributed by atoms with Crippen molar-refractivity contribution in [1.82, 2.24) is 10.3 Å². The second-order valence-corrected chi connectivity index (χ2v) is 5.73. The number of benzene rings is 1. The predicted octanol–water partition coefficient (Wildman–Crippen LogP) is 3.54. The van der Waals surface area contributed by atoms with Crippen LogP contribution in [-0.2, 0) is 0 Å². The summed E-state index contributed by atoms with van der Waals surface area (Å²) in [4.78, 5) is 16.8. The van der Waals surface area contributed by atoms with Crippen LogP contribution in [0.25, 0.3) is 10.9 Å². The molecule has 1 aliphatic carbocycles. The van der Waals surface area contributed by atoms with E-state index in [4.69, 9.17) is 0 Å². The normalized spacial score (nSPS) is 22.6. The van der Waals surface area contributed by atoms with Gasteiger partial charge < -0.3 is 5.32 Å². The molecule has 1 saturated carbocycles. The van der Waals surface area contributed by atoms with Gasteiger partial charge in [0.15, 0.2) is 0 Å². The van der Waals surface area contributed by atoms with E-state index in [1.165, 1.54) is 19.3 Å². The largest absolute Gasteiger partial charge is 0.348 e. The van der Waals surface area contributed by atoms with Gasteiger partial charge in [0.1, 0.15) is 5.69 Å². The molecule has 3 heteroatoms. The molecule has 1 heterocycles. The first-order chi connectivity index (χ1) is 9.74. The maximum Gasteiger partial charge on any atom is 0.270 e. The third kappa shape index (κ3) is 2.67. The zero-order chi connectivity index (χ0) is 13.9. The van der Waals surface area contributed by atoms with Gasteiger partial charge in [-0.25, -0.2) is 4.98 Å². The fourth-order valence-corrected chi connectivity index (χ4v) is 2.97. The molecule has 1 fully saturated rings. The van der Waals surface area contributed by atoms with E-state index in [0.717, 1.165) is 17.3 Å². The Morgan fingerprint density at radius 1 is 1.15 bits per heavy atom. The van der Waals surface area contributed by atoms with Crippen molar-refractivity contribution >= 4 is 16.8 Å². The number of pyridine rings is 1. The van der Waals surface area contributed by atoms with Gasteiger partial charge in [0.2, 0.25) is 0 Å². The van der Waals surface area contributed by atoms with Crippen LogP contribution < -0.4 is 5.32 Å². The molecular formula is C17H20N2O. The molecule has 0 bridgehead atoms. The van der Waals surface area contributed by atoms with E-state index < -0.39 is 0 Å². The van der Waals surface area contributed by atoms with E-state index in [1.807, 2.05) is 36.4 Å². The lowest BCUT2D eigenvalue weighted by Gasteiger charge is -2.29. The Morgan fingerprint density at radius 2 is 1.95 bits per heavy atom. The van der Waals surface area contributed by atoms with Crippen LogP contribution in [0.3, 0.4) is 0 Å². The maximum absolute atomic E-state index is 12.3. The highest BCUT2D eigenvalue weighted by Gasteiger charge is 2.23. The van der Waals surface area contributed by atoms with Gasteiger partial charge in [-0.3, -0.25) is 4.79 Å². The van der Waals surface area contributed by atoms with Crippen LogP contribution in [0.1, 0.15) is 43.1 Å². The van der Waals surface area contributed by atoms with Crippen LogP contribution in [0.5, 0.6) is 0 Å². The van der Waals surface area contributed by atoms with Gasteiger partial charge >= 0.3 is 0 Å². The Labute approximate surface area is 119 Å². The molecule has 0 aliphatic heterocycles. The van der Waals surface area contributed by atoms with Crippen molar-refractivity contribution in [3.63, 3.8) is 0 Å². The summed E-state index contributed by atoms with van der Waals surface area (Å²) in [5, 5.41) is 4.21. The number of carbonyl (C=O) groups excluding carboxylic acids is 1. The van der Waals surface area contributed by atoms with E-state index >= 15 is 0 Å². The van der Waals surface area contributed by atoms with Crippen LogP contribution in [0, 0.1) is 5.92 Å². The molecule has 0 radical (unpaired) electrons. The molecule has 0 saturated heterocycles. The summed E-state index contributed by atoms with van der Waals surface area (Å²) in [7, 11) is 0. The Kier molecular flexibility index (Phi) is 3.68. The Balaban J connectivity index is 1.78. The number of fused-ring (bicyclic) bond motifs is 1. The van der Waals surface area contributed by atoms with Crippen molar-refractivity contribution in [2.45, 2.75) is 38.6 Å².